The number of anilines is 1. The summed E-state index contributed by atoms with van der Waals surface area (Å²) in [4.78, 5) is 22.5. The Labute approximate surface area is 190 Å². The van der Waals surface area contributed by atoms with Crippen molar-refractivity contribution in [1.82, 2.24) is 9.97 Å². The third-order valence-corrected chi connectivity index (χ3v) is 6.65. The molecule has 3 aromatic carbocycles. The van der Waals surface area contributed by atoms with E-state index in [9.17, 15) is 9.18 Å². The van der Waals surface area contributed by atoms with Crippen LogP contribution in [0, 0.1) is 5.82 Å². The van der Waals surface area contributed by atoms with Crippen LogP contribution in [0.3, 0.4) is 0 Å². The van der Waals surface area contributed by atoms with Crippen LogP contribution in [0.1, 0.15) is 15.4 Å². The molecule has 0 aliphatic rings. The van der Waals surface area contributed by atoms with Crippen LogP contribution in [-0.2, 0) is 0 Å². The van der Waals surface area contributed by atoms with E-state index in [0.29, 0.717) is 21.5 Å². The lowest BCUT2D eigenvalue weighted by Crippen LogP contribution is -2.25. The standard InChI is InChI=1S/C23H15FN4O2S2/c1-30-16-10-11-18-20(12-16)32-23(27-18)28(25-13-14-6-8-15(24)9-7-14)22(29)21-26-17-4-2-3-5-19(17)31-21/h2-13H,1H3/b25-13+. The highest BCUT2D eigenvalue weighted by atomic mass is 32.1. The number of halogens is 1. The molecule has 2 aromatic heterocycles. The molecule has 0 unspecified atom stereocenters. The highest BCUT2D eigenvalue weighted by Gasteiger charge is 2.24. The molecule has 5 aromatic rings. The molecule has 158 valence electrons. The zero-order chi connectivity index (χ0) is 22.1. The summed E-state index contributed by atoms with van der Waals surface area (Å²) >= 11 is 2.62. The number of hydrogen-bond acceptors (Lipinski definition) is 7. The van der Waals surface area contributed by atoms with E-state index in [-0.39, 0.29) is 5.82 Å². The number of benzene rings is 3. The van der Waals surface area contributed by atoms with Crippen LogP contribution in [0.15, 0.2) is 71.8 Å². The molecule has 0 radical (unpaired) electrons. The maximum absolute atomic E-state index is 13.4. The number of para-hydroxylation sites is 1. The number of rotatable bonds is 5. The normalized spacial score (nSPS) is 11.4. The first kappa shape index (κ1) is 20.2. The minimum absolute atomic E-state index is 0.305. The van der Waals surface area contributed by atoms with E-state index in [1.54, 1.807) is 19.2 Å². The third-order valence-electron chi connectivity index (χ3n) is 4.63. The number of fused-ring (bicyclic) bond motifs is 2. The van der Waals surface area contributed by atoms with Gasteiger partial charge in [-0.25, -0.2) is 14.4 Å². The predicted molar refractivity (Wildman–Crippen MR) is 127 cm³/mol. The minimum atomic E-state index is -0.393. The number of thiazole rings is 2. The topological polar surface area (TPSA) is 67.7 Å². The summed E-state index contributed by atoms with van der Waals surface area (Å²) in [5.41, 5.74) is 2.12. The van der Waals surface area contributed by atoms with Gasteiger partial charge in [0.2, 0.25) is 5.13 Å². The van der Waals surface area contributed by atoms with Gasteiger partial charge in [-0.15, -0.1) is 11.3 Å². The van der Waals surface area contributed by atoms with Gasteiger partial charge in [-0.3, -0.25) is 4.79 Å². The molecule has 0 fully saturated rings. The second kappa shape index (κ2) is 8.45. The maximum atomic E-state index is 13.4. The van der Waals surface area contributed by atoms with E-state index in [1.165, 1.54) is 46.0 Å². The Kier molecular flexibility index (Phi) is 5.34. The van der Waals surface area contributed by atoms with Crippen LogP contribution in [-0.4, -0.2) is 29.2 Å². The zero-order valence-corrected chi connectivity index (χ0v) is 18.4. The molecule has 0 atom stereocenters. The van der Waals surface area contributed by atoms with Gasteiger partial charge in [-0.1, -0.05) is 35.6 Å². The molecular weight excluding hydrogens is 447 g/mol. The average molecular weight is 463 g/mol. The van der Waals surface area contributed by atoms with Gasteiger partial charge in [0, 0.05) is 0 Å². The molecule has 0 saturated heterocycles. The van der Waals surface area contributed by atoms with Gasteiger partial charge in [0.15, 0.2) is 5.01 Å². The van der Waals surface area contributed by atoms with Crippen LogP contribution in [0.5, 0.6) is 5.75 Å². The van der Waals surface area contributed by atoms with Gasteiger partial charge in [0.25, 0.3) is 0 Å². The number of amides is 1. The number of ether oxygens (including phenoxy) is 1. The Morgan fingerprint density at radius 3 is 2.56 bits per heavy atom. The summed E-state index contributed by atoms with van der Waals surface area (Å²) < 4.78 is 20.3. The molecule has 0 spiro atoms. The Morgan fingerprint density at radius 1 is 1.00 bits per heavy atom. The van der Waals surface area contributed by atoms with Crippen molar-refractivity contribution < 1.29 is 13.9 Å². The summed E-state index contributed by atoms with van der Waals surface area (Å²) in [6, 6.07) is 18.9. The lowest BCUT2D eigenvalue weighted by atomic mass is 10.2. The van der Waals surface area contributed by atoms with E-state index in [0.717, 1.165) is 20.4 Å². The van der Waals surface area contributed by atoms with Gasteiger partial charge in [0.1, 0.15) is 11.6 Å². The fraction of sp³-hybridized carbons (Fsp3) is 0.0435. The molecule has 0 bridgehead atoms. The van der Waals surface area contributed by atoms with Crippen molar-refractivity contribution in [2.24, 2.45) is 5.10 Å². The molecular formula is C23H15FN4O2S2. The molecule has 2 heterocycles. The summed E-state index contributed by atoms with van der Waals surface area (Å²) in [5, 5.41) is 6.34. The quantitative estimate of drug-likeness (QED) is 0.247. The number of hydrogen-bond donors (Lipinski definition) is 0. The lowest BCUT2D eigenvalue weighted by Gasteiger charge is -2.11. The molecule has 0 N–H and O–H groups in total. The summed E-state index contributed by atoms with van der Waals surface area (Å²) in [6.45, 7) is 0. The highest BCUT2D eigenvalue weighted by molar-refractivity contribution is 7.23. The smallest absolute Gasteiger partial charge is 0.309 e. The number of hydrazone groups is 1. The van der Waals surface area contributed by atoms with Gasteiger partial charge in [-0.2, -0.15) is 10.1 Å². The van der Waals surface area contributed by atoms with E-state index >= 15 is 0 Å². The minimum Gasteiger partial charge on any atom is -0.497 e. The molecule has 1 amide bonds. The SMILES string of the molecule is COc1ccc2nc(N(/N=C/c3ccc(F)cc3)C(=O)c3nc4ccccc4s3)sc2c1. The fourth-order valence-corrected chi connectivity index (χ4v) is 4.87. The lowest BCUT2D eigenvalue weighted by molar-refractivity contribution is 0.0987. The number of carbonyl (C=O) groups excluding carboxylic acids is 1. The summed E-state index contributed by atoms with van der Waals surface area (Å²) in [6.07, 6.45) is 1.50. The molecule has 5 rings (SSSR count). The second-order valence-corrected chi connectivity index (χ2v) is 8.77. The Morgan fingerprint density at radius 2 is 1.78 bits per heavy atom. The molecule has 0 saturated carbocycles. The second-order valence-electron chi connectivity index (χ2n) is 6.73. The number of methoxy groups -OCH3 is 1. The van der Waals surface area contributed by atoms with E-state index < -0.39 is 5.91 Å². The highest BCUT2D eigenvalue weighted by Crippen LogP contribution is 2.33. The molecule has 32 heavy (non-hydrogen) atoms. The Bertz CT molecular complexity index is 1430. The van der Waals surface area contributed by atoms with Crippen molar-refractivity contribution in [3.63, 3.8) is 0 Å². The number of aromatic nitrogens is 2. The van der Waals surface area contributed by atoms with Gasteiger partial charge >= 0.3 is 5.91 Å². The Balaban J connectivity index is 1.57. The Hall–Kier alpha value is -3.69. The summed E-state index contributed by atoms with van der Waals surface area (Å²) in [5.74, 6) is -0.0353. The predicted octanol–water partition coefficient (Wildman–Crippen LogP) is 5.73. The first-order valence-corrected chi connectivity index (χ1v) is 11.2. The van der Waals surface area contributed by atoms with E-state index in [1.807, 2.05) is 42.5 Å². The largest absolute Gasteiger partial charge is 0.497 e. The van der Waals surface area contributed by atoms with Crippen molar-refractivity contribution in [2.45, 2.75) is 0 Å². The van der Waals surface area contributed by atoms with Crippen LogP contribution < -0.4 is 9.75 Å². The van der Waals surface area contributed by atoms with E-state index in [4.69, 9.17) is 4.74 Å². The van der Waals surface area contributed by atoms with E-state index in [2.05, 4.69) is 15.1 Å². The van der Waals surface area contributed by atoms with Crippen molar-refractivity contribution in [3.8, 4) is 5.75 Å². The molecule has 0 aliphatic heterocycles. The average Bonchev–Trinajstić information content (AvgIpc) is 3.43. The van der Waals surface area contributed by atoms with Crippen molar-refractivity contribution in [2.75, 3.05) is 12.1 Å². The summed E-state index contributed by atoms with van der Waals surface area (Å²) in [7, 11) is 1.60. The van der Waals surface area contributed by atoms with Crippen LogP contribution in [0.2, 0.25) is 0 Å². The van der Waals surface area contributed by atoms with Crippen LogP contribution in [0.4, 0.5) is 9.52 Å². The monoisotopic (exact) mass is 462 g/mol. The van der Waals surface area contributed by atoms with Crippen molar-refractivity contribution >= 4 is 60.4 Å². The first-order chi connectivity index (χ1) is 15.6. The molecule has 6 nitrogen and oxygen atoms in total. The number of nitrogens with zero attached hydrogens (tertiary/aromatic N) is 4. The van der Waals surface area contributed by atoms with Crippen molar-refractivity contribution in [3.05, 3.63) is 83.1 Å². The van der Waals surface area contributed by atoms with Crippen LogP contribution >= 0.6 is 22.7 Å². The maximum Gasteiger partial charge on any atom is 0.309 e. The first-order valence-electron chi connectivity index (χ1n) is 9.55. The number of carbonyl (C=O) groups is 1. The molecule has 9 heteroatoms. The zero-order valence-electron chi connectivity index (χ0n) is 16.7. The van der Waals surface area contributed by atoms with Gasteiger partial charge < -0.3 is 4.74 Å². The van der Waals surface area contributed by atoms with Crippen LogP contribution in [0.25, 0.3) is 20.4 Å². The van der Waals surface area contributed by atoms with Gasteiger partial charge in [0.05, 0.1) is 33.8 Å². The molecule has 0 aliphatic carbocycles. The van der Waals surface area contributed by atoms with Gasteiger partial charge in [-0.05, 0) is 48.0 Å². The fourth-order valence-electron chi connectivity index (χ4n) is 3.03. The van der Waals surface area contributed by atoms with Crippen molar-refractivity contribution in [1.29, 1.82) is 0 Å². The third kappa shape index (κ3) is 3.95.